The van der Waals surface area contributed by atoms with E-state index in [0.717, 1.165) is 11.8 Å². The monoisotopic (exact) mass is 333 g/mol. The Morgan fingerprint density at radius 3 is 2.74 bits per heavy atom. The number of carbonyl (C=O) groups is 3. The number of hydrogen-bond donors (Lipinski definition) is 2. The highest BCUT2D eigenvalue weighted by Crippen LogP contribution is 2.26. The molecule has 3 rings (SSSR count). The molecule has 2 fully saturated rings. The molecule has 120 valence electrons. The Bertz CT molecular complexity index is 697. The molecule has 0 atom stereocenters. The van der Waals surface area contributed by atoms with Gasteiger partial charge in [-0.15, -0.1) is 0 Å². The minimum atomic E-state index is -0.414. The van der Waals surface area contributed by atoms with E-state index in [-0.39, 0.29) is 17.1 Å². The van der Waals surface area contributed by atoms with E-state index in [1.54, 1.807) is 18.3 Å². The van der Waals surface area contributed by atoms with Crippen LogP contribution in [0.5, 0.6) is 0 Å². The second kappa shape index (κ2) is 6.37. The second-order valence-corrected chi connectivity index (χ2v) is 6.31. The summed E-state index contributed by atoms with van der Waals surface area (Å²) < 4.78 is 0. The molecule has 2 aliphatic rings. The van der Waals surface area contributed by atoms with Crippen LogP contribution in [0.25, 0.3) is 6.08 Å². The minimum Gasteiger partial charge on any atom is -0.369 e. The standard InChI is InChI=1S/C14H15N5O3S/c15-11(20)8-2-5-19(6-3-8)13-16-4-1-9(17-13)7-10-12(21)18-14(22)23-10/h1,4,7-8H,2-3,5-6H2,(H2,15,20)(H,18,21,22)/b10-7-. The van der Waals surface area contributed by atoms with Gasteiger partial charge in [0, 0.05) is 25.2 Å². The Morgan fingerprint density at radius 2 is 2.13 bits per heavy atom. The summed E-state index contributed by atoms with van der Waals surface area (Å²) in [6.07, 6.45) is 4.52. The fourth-order valence-corrected chi connectivity index (χ4v) is 3.18. The van der Waals surface area contributed by atoms with Crippen LogP contribution in [0.1, 0.15) is 18.5 Å². The molecular formula is C14H15N5O3S. The number of anilines is 1. The molecule has 3 N–H and O–H groups in total. The number of hydrogen-bond acceptors (Lipinski definition) is 7. The average Bonchev–Trinajstić information content (AvgIpc) is 2.85. The van der Waals surface area contributed by atoms with Gasteiger partial charge in [0.1, 0.15) is 0 Å². The molecule has 0 unspecified atom stereocenters. The molecule has 0 radical (unpaired) electrons. The first-order chi connectivity index (χ1) is 11.0. The summed E-state index contributed by atoms with van der Waals surface area (Å²) in [6.45, 7) is 1.31. The van der Waals surface area contributed by atoms with Crippen LogP contribution < -0.4 is 16.0 Å². The van der Waals surface area contributed by atoms with Crippen molar-refractivity contribution >= 4 is 40.8 Å². The molecule has 0 aliphatic carbocycles. The van der Waals surface area contributed by atoms with Crippen molar-refractivity contribution in [2.24, 2.45) is 11.7 Å². The average molecular weight is 333 g/mol. The van der Waals surface area contributed by atoms with Crippen LogP contribution in [0, 0.1) is 5.92 Å². The summed E-state index contributed by atoms with van der Waals surface area (Å²) in [5, 5.41) is 1.81. The maximum absolute atomic E-state index is 11.6. The van der Waals surface area contributed by atoms with Crippen molar-refractivity contribution in [2.45, 2.75) is 12.8 Å². The first-order valence-corrected chi connectivity index (χ1v) is 7.97. The first kappa shape index (κ1) is 15.5. The van der Waals surface area contributed by atoms with E-state index >= 15 is 0 Å². The van der Waals surface area contributed by atoms with Gasteiger partial charge in [0.25, 0.3) is 11.1 Å². The molecule has 3 heterocycles. The fourth-order valence-electron chi connectivity index (χ4n) is 2.51. The van der Waals surface area contributed by atoms with Gasteiger partial charge in [0.2, 0.25) is 11.9 Å². The lowest BCUT2D eigenvalue weighted by Gasteiger charge is -2.30. The van der Waals surface area contributed by atoms with E-state index in [1.165, 1.54) is 0 Å². The Hall–Kier alpha value is -2.42. The van der Waals surface area contributed by atoms with Gasteiger partial charge in [-0.3, -0.25) is 19.7 Å². The van der Waals surface area contributed by atoms with Crippen LogP contribution in [0.3, 0.4) is 0 Å². The van der Waals surface area contributed by atoms with Crippen molar-refractivity contribution < 1.29 is 14.4 Å². The van der Waals surface area contributed by atoms with Crippen LogP contribution in [0.4, 0.5) is 10.7 Å². The molecular weight excluding hydrogens is 318 g/mol. The van der Waals surface area contributed by atoms with Crippen LogP contribution >= 0.6 is 11.8 Å². The smallest absolute Gasteiger partial charge is 0.290 e. The zero-order chi connectivity index (χ0) is 16.4. The topological polar surface area (TPSA) is 118 Å². The SMILES string of the molecule is NC(=O)C1CCN(c2nccc(/C=C3\SC(=O)NC3=O)n2)CC1. The summed E-state index contributed by atoms with van der Waals surface area (Å²) in [7, 11) is 0. The Labute approximate surface area is 136 Å². The number of amides is 3. The van der Waals surface area contributed by atoms with E-state index < -0.39 is 5.91 Å². The third kappa shape index (κ3) is 3.50. The van der Waals surface area contributed by atoms with Gasteiger partial charge in [0.05, 0.1) is 10.6 Å². The lowest BCUT2D eigenvalue weighted by atomic mass is 9.96. The summed E-state index contributed by atoms with van der Waals surface area (Å²) in [6, 6.07) is 1.67. The number of nitrogens with two attached hydrogens (primary N) is 1. The molecule has 3 amide bonds. The summed E-state index contributed by atoms with van der Waals surface area (Å²) in [4.78, 5) is 44.9. The molecule has 9 heteroatoms. The van der Waals surface area contributed by atoms with Crippen molar-refractivity contribution in [1.82, 2.24) is 15.3 Å². The Morgan fingerprint density at radius 1 is 1.39 bits per heavy atom. The van der Waals surface area contributed by atoms with Crippen molar-refractivity contribution in [1.29, 1.82) is 0 Å². The number of nitrogens with zero attached hydrogens (tertiary/aromatic N) is 3. The molecule has 2 aliphatic heterocycles. The number of nitrogens with one attached hydrogen (secondary N) is 1. The van der Waals surface area contributed by atoms with Gasteiger partial charge in [0.15, 0.2) is 0 Å². The highest BCUT2D eigenvalue weighted by molar-refractivity contribution is 8.18. The van der Waals surface area contributed by atoms with E-state index in [1.807, 2.05) is 4.90 Å². The van der Waals surface area contributed by atoms with Gasteiger partial charge in [-0.1, -0.05) is 0 Å². The summed E-state index contributed by atoms with van der Waals surface area (Å²) in [5.74, 6) is -0.237. The van der Waals surface area contributed by atoms with Gasteiger partial charge >= 0.3 is 0 Å². The largest absolute Gasteiger partial charge is 0.369 e. The van der Waals surface area contributed by atoms with Crippen LogP contribution in [-0.4, -0.2) is 40.1 Å². The second-order valence-electron chi connectivity index (χ2n) is 5.30. The molecule has 0 spiro atoms. The number of thioether (sulfide) groups is 1. The molecule has 8 nitrogen and oxygen atoms in total. The number of aromatic nitrogens is 2. The van der Waals surface area contributed by atoms with Crippen molar-refractivity contribution in [3.8, 4) is 0 Å². The van der Waals surface area contributed by atoms with Crippen LogP contribution in [0.15, 0.2) is 17.2 Å². The first-order valence-electron chi connectivity index (χ1n) is 7.15. The molecule has 0 saturated carbocycles. The number of carbonyl (C=O) groups excluding carboxylic acids is 3. The normalized spacial score (nSPS) is 20.9. The van der Waals surface area contributed by atoms with E-state index in [2.05, 4.69) is 15.3 Å². The van der Waals surface area contributed by atoms with E-state index in [0.29, 0.717) is 42.5 Å². The van der Waals surface area contributed by atoms with Gasteiger partial charge in [-0.25, -0.2) is 9.97 Å². The molecule has 0 bridgehead atoms. The molecule has 23 heavy (non-hydrogen) atoms. The van der Waals surface area contributed by atoms with Crippen molar-refractivity contribution in [3.05, 3.63) is 22.9 Å². The van der Waals surface area contributed by atoms with Crippen LogP contribution in [-0.2, 0) is 9.59 Å². The highest BCUT2D eigenvalue weighted by atomic mass is 32.2. The third-order valence-corrected chi connectivity index (χ3v) is 4.58. The predicted molar refractivity (Wildman–Crippen MR) is 85.3 cm³/mol. The lowest BCUT2D eigenvalue weighted by molar-refractivity contribution is -0.122. The van der Waals surface area contributed by atoms with E-state index in [9.17, 15) is 14.4 Å². The summed E-state index contributed by atoms with van der Waals surface area (Å²) >= 11 is 0.850. The molecule has 1 aromatic heterocycles. The fraction of sp³-hybridized carbons (Fsp3) is 0.357. The number of imide groups is 1. The molecule has 1 aromatic rings. The number of piperidine rings is 1. The minimum absolute atomic E-state index is 0.0962. The number of primary amides is 1. The molecule has 2 saturated heterocycles. The van der Waals surface area contributed by atoms with Crippen molar-refractivity contribution in [2.75, 3.05) is 18.0 Å². The zero-order valence-corrected chi connectivity index (χ0v) is 13.0. The van der Waals surface area contributed by atoms with Crippen LogP contribution in [0.2, 0.25) is 0 Å². The maximum Gasteiger partial charge on any atom is 0.290 e. The Kier molecular flexibility index (Phi) is 4.28. The Balaban J connectivity index is 1.74. The third-order valence-electron chi connectivity index (χ3n) is 3.77. The lowest BCUT2D eigenvalue weighted by Crippen LogP contribution is -2.39. The number of rotatable bonds is 3. The zero-order valence-electron chi connectivity index (χ0n) is 12.2. The van der Waals surface area contributed by atoms with Crippen molar-refractivity contribution in [3.63, 3.8) is 0 Å². The van der Waals surface area contributed by atoms with E-state index in [4.69, 9.17) is 5.73 Å². The van der Waals surface area contributed by atoms with Gasteiger partial charge < -0.3 is 10.6 Å². The summed E-state index contributed by atoms with van der Waals surface area (Å²) in [5.41, 5.74) is 5.88. The maximum atomic E-state index is 11.6. The molecule has 0 aromatic carbocycles. The predicted octanol–water partition coefficient (Wildman–Crippen LogP) is 0.502. The van der Waals surface area contributed by atoms with Gasteiger partial charge in [-0.2, -0.15) is 0 Å². The van der Waals surface area contributed by atoms with Gasteiger partial charge in [-0.05, 0) is 36.7 Å². The highest BCUT2D eigenvalue weighted by Gasteiger charge is 2.26. The quantitative estimate of drug-likeness (QED) is 0.773.